The van der Waals surface area contributed by atoms with E-state index in [-0.39, 0.29) is 36.7 Å². The van der Waals surface area contributed by atoms with Crippen LogP contribution in [0.25, 0.3) is 0 Å². The van der Waals surface area contributed by atoms with Crippen molar-refractivity contribution in [1.82, 2.24) is 20.1 Å². The standard InChI is InChI=1S/C20H20N4O3/c25-18(23-12-10-22-13-17(23)14-5-8-21-9-6-14)7-11-24-19(26)15-3-1-2-4-16(15)20(24)27/h1-6,8-9,17,22H,7,10-13H2. The van der Waals surface area contributed by atoms with E-state index in [0.717, 1.165) is 12.1 Å². The number of carbonyl (C=O) groups excluding carboxylic acids is 3. The number of fused-ring (bicyclic) bond motifs is 1. The molecule has 4 rings (SSSR count). The SMILES string of the molecule is O=C1c2ccccc2C(=O)N1CCC(=O)N1CCNCC1c1ccncc1. The molecule has 3 heterocycles. The van der Waals surface area contributed by atoms with Gasteiger partial charge in [0, 0.05) is 45.0 Å². The van der Waals surface area contributed by atoms with Crippen LogP contribution in [0.4, 0.5) is 0 Å². The van der Waals surface area contributed by atoms with Crippen molar-refractivity contribution >= 4 is 17.7 Å². The van der Waals surface area contributed by atoms with E-state index in [2.05, 4.69) is 10.3 Å². The molecule has 0 saturated carbocycles. The Bertz CT molecular complexity index is 849. The summed E-state index contributed by atoms with van der Waals surface area (Å²) in [5.41, 5.74) is 1.84. The Kier molecular flexibility index (Phi) is 4.68. The highest BCUT2D eigenvalue weighted by Crippen LogP contribution is 2.25. The molecule has 0 aliphatic carbocycles. The van der Waals surface area contributed by atoms with Crippen molar-refractivity contribution < 1.29 is 14.4 Å². The first-order chi connectivity index (χ1) is 13.2. The highest BCUT2D eigenvalue weighted by molar-refractivity contribution is 6.21. The third-order valence-electron chi connectivity index (χ3n) is 5.08. The molecule has 1 aromatic carbocycles. The summed E-state index contributed by atoms with van der Waals surface area (Å²) in [7, 11) is 0. The molecule has 7 nitrogen and oxygen atoms in total. The number of piperazine rings is 1. The van der Waals surface area contributed by atoms with Gasteiger partial charge < -0.3 is 10.2 Å². The van der Waals surface area contributed by atoms with Gasteiger partial charge in [-0.2, -0.15) is 0 Å². The van der Waals surface area contributed by atoms with E-state index in [1.807, 2.05) is 17.0 Å². The molecule has 0 radical (unpaired) electrons. The normalized spacial score (nSPS) is 19.3. The number of nitrogens with one attached hydrogen (secondary N) is 1. The van der Waals surface area contributed by atoms with E-state index >= 15 is 0 Å². The molecular weight excluding hydrogens is 344 g/mol. The first-order valence-corrected chi connectivity index (χ1v) is 9.02. The number of amides is 3. The Morgan fingerprint density at radius 3 is 2.41 bits per heavy atom. The number of nitrogens with zero attached hydrogens (tertiary/aromatic N) is 3. The predicted molar refractivity (Wildman–Crippen MR) is 98.0 cm³/mol. The summed E-state index contributed by atoms with van der Waals surface area (Å²) in [5, 5.41) is 3.31. The molecule has 3 amide bonds. The molecule has 138 valence electrons. The summed E-state index contributed by atoms with van der Waals surface area (Å²) in [6.45, 7) is 2.08. The summed E-state index contributed by atoms with van der Waals surface area (Å²) in [4.78, 5) is 44.8. The van der Waals surface area contributed by atoms with Gasteiger partial charge in [-0.05, 0) is 29.8 Å². The molecule has 27 heavy (non-hydrogen) atoms. The van der Waals surface area contributed by atoms with Gasteiger partial charge in [0.05, 0.1) is 17.2 Å². The number of hydrogen-bond donors (Lipinski definition) is 1. The van der Waals surface area contributed by atoms with Crippen molar-refractivity contribution in [3.05, 3.63) is 65.5 Å². The second-order valence-electron chi connectivity index (χ2n) is 6.65. The first-order valence-electron chi connectivity index (χ1n) is 9.02. The Balaban J connectivity index is 1.45. The fourth-order valence-electron chi connectivity index (χ4n) is 3.68. The van der Waals surface area contributed by atoms with Crippen molar-refractivity contribution in [3.63, 3.8) is 0 Å². The Morgan fingerprint density at radius 2 is 1.74 bits per heavy atom. The van der Waals surface area contributed by atoms with Gasteiger partial charge in [-0.1, -0.05) is 12.1 Å². The lowest BCUT2D eigenvalue weighted by Crippen LogP contribution is -2.49. The zero-order chi connectivity index (χ0) is 18.8. The number of benzene rings is 1. The van der Waals surface area contributed by atoms with E-state index in [1.54, 1.807) is 36.7 Å². The highest BCUT2D eigenvalue weighted by Gasteiger charge is 2.36. The highest BCUT2D eigenvalue weighted by atomic mass is 16.2. The van der Waals surface area contributed by atoms with Gasteiger partial charge in [-0.3, -0.25) is 24.3 Å². The second-order valence-corrected chi connectivity index (χ2v) is 6.65. The average Bonchev–Trinajstić information content (AvgIpc) is 2.97. The minimum Gasteiger partial charge on any atom is -0.333 e. The number of pyridine rings is 1. The topological polar surface area (TPSA) is 82.6 Å². The van der Waals surface area contributed by atoms with Crippen molar-refractivity contribution in [3.8, 4) is 0 Å². The Labute approximate surface area is 157 Å². The fourth-order valence-corrected chi connectivity index (χ4v) is 3.68. The molecule has 1 saturated heterocycles. The number of rotatable bonds is 4. The lowest BCUT2D eigenvalue weighted by atomic mass is 10.0. The quantitative estimate of drug-likeness (QED) is 0.826. The van der Waals surface area contributed by atoms with E-state index in [9.17, 15) is 14.4 Å². The molecule has 1 unspecified atom stereocenters. The molecule has 7 heteroatoms. The van der Waals surface area contributed by atoms with Crippen LogP contribution in [-0.2, 0) is 4.79 Å². The number of hydrogen-bond acceptors (Lipinski definition) is 5. The fraction of sp³-hybridized carbons (Fsp3) is 0.300. The minimum atomic E-state index is -0.325. The van der Waals surface area contributed by atoms with E-state index < -0.39 is 0 Å². The molecule has 1 N–H and O–H groups in total. The van der Waals surface area contributed by atoms with Gasteiger partial charge >= 0.3 is 0 Å². The summed E-state index contributed by atoms with van der Waals surface area (Å²) in [5.74, 6) is -0.710. The lowest BCUT2D eigenvalue weighted by Gasteiger charge is -2.36. The monoisotopic (exact) mass is 364 g/mol. The summed E-state index contributed by atoms with van der Waals surface area (Å²) in [6.07, 6.45) is 3.55. The molecule has 1 fully saturated rings. The van der Waals surface area contributed by atoms with Gasteiger partial charge in [0.1, 0.15) is 0 Å². The molecule has 2 aliphatic heterocycles. The molecule has 1 atom stereocenters. The van der Waals surface area contributed by atoms with Crippen LogP contribution < -0.4 is 5.32 Å². The van der Waals surface area contributed by atoms with E-state index in [4.69, 9.17) is 0 Å². The van der Waals surface area contributed by atoms with Gasteiger partial charge in [0.25, 0.3) is 11.8 Å². The van der Waals surface area contributed by atoms with Gasteiger partial charge in [-0.15, -0.1) is 0 Å². The maximum absolute atomic E-state index is 12.9. The van der Waals surface area contributed by atoms with Crippen LogP contribution in [0.1, 0.15) is 38.7 Å². The molecule has 0 spiro atoms. The van der Waals surface area contributed by atoms with Crippen LogP contribution in [0.15, 0.2) is 48.8 Å². The number of imide groups is 1. The molecule has 1 aromatic heterocycles. The van der Waals surface area contributed by atoms with Crippen LogP contribution in [-0.4, -0.2) is 58.7 Å². The average molecular weight is 364 g/mol. The van der Waals surface area contributed by atoms with Crippen molar-refractivity contribution in [2.24, 2.45) is 0 Å². The van der Waals surface area contributed by atoms with Crippen molar-refractivity contribution in [2.75, 3.05) is 26.2 Å². The smallest absolute Gasteiger partial charge is 0.261 e. The van der Waals surface area contributed by atoms with E-state index in [0.29, 0.717) is 24.2 Å². The van der Waals surface area contributed by atoms with Crippen LogP contribution in [0, 0.1) is 0 Å². The first kappa shape index (κ1) is 17.4. The minimum absolute atomic E-state index is 0.0603. The van der Waals surface area contributed by atoms with Gasteiger partial charge in [0.2, 0.25) is 5.91 Å². The van der Waals surface area contributed by atoms with Gasteiger partial charge in [-0.25, -0.2) is 0 Å². The zero-order valence-electron chi connectivity index (χ0n) is 14.8. The van der Waals surface area contributed by atoms with Crippen LogP contribution in [0.5, 0.6) is 0 Å². The molecule has 2 aliphatic rings. The number of carbonyl (C=O) groups is 3. The largest absolute Gasteiger partial charge is 0.333 e. The lowest BCUT2D eigenvalue weighted by molar-refractivity contribution is -0.134. The summed E-state index contributed by atoms with van der Waals surface area (Å²) in [6, 6.07) is 10.5. The summed E-state index contributed by atoms with van der Waals surface area (Å²) < 4.78 is 0. The van der Waals surface area contributed by atoms with Crippen molar-refractivity contribution in [1.29, 1.82) is 0 Å². The van der Waals surface area contributed by atoms with Crippen LogP contribution in [0.2, 0.25) is 0 Å². The van der Waals surface area contributed by atoms with Gasteiger partial charge in [0.15, 0.2) is 0 Å². The maximum atomic E-state index is 12.9. The molecule has 0 bridgehead atoms. The Hall–Kier alpha value is -3.06. The maximum Gasteiger partial charge on any atom is 0.261 e. The zero-order valence-corrected chi connectivity index (χ0v) is 14.8. The molecular formula is C20H20N4O3. The molecule has 2 aromatic rings. The second kappa shape index (κ2) is 7.28. The van der Waals surface area contributed by atoms with Crippen molar-refractivity contribution in [2.45, 2.75) is 12.5 Å². The number of aromatic nitrogens is 1. The predicted octanol–water partition coefficient (Wildman–Crippen LogP) is 1.24. The van der Waals surface area contributed by atoms with Crippen LogP contribution >= 0.6 is 0 Å². The van der Waals surface area contributed by atoms with Crippen LogP contribution in [0.3, 0.4) is 0 Å². The summed E-state index contributed by atoms with van der Waals surface area (Å²) >= 11 is 0. The third-order valence-corrected chi connectivity index (χ3v) is 5.08. The Morgan fingerprint density at radius 1 is 1.07 bits per heavy atom. The third kappa shape index (κ3) is 3.21. The van der Waals surface area contributed by atoms with E-state index in [1.165, 1.54) is 4.90 Å².